The first-order valence-corrected chi connectivity index (χ1v) is 8.75. The molecule has 120 valence electrons. The van der Waals surface area contributed by atoms with Gasteiger partial charge in [-0.3, -0.25) is 0 Å². The zero-order valence-corrected chi connectivity index (χ0v) is 13.9. The Morgan fingerprint density at radius 1 is 1.29 bits per heavy atom. The molecule has 0 spiro atoms. The number of hydrogen-bond donors (Lipinski definition) is 2. The van der Waals surface area contributed by atoms with Crippen molar-refractivity contribution in [3.05, 3.63) is 29.8 Å². The third-order valence-corrected chi connectivity index (χ3v) is 4.26. The molecule has 21 heavy (non-hydrogen) atoms. The van der Waals surface area contributed by atoms with Crippen molar-refractivity contribution in [2.45, 2.75) is 31.7 Å². The average Bonchev–Trinajstić information content (AvgIpc) is 2.43. The van der Waals surface area contributed by atoms with Crippen molar-refractivity contribution in [2.75, 3.05) is 26.8 Å². The lowest BCUT2D eigenvalue weighted by Crippen LogP contribution is -2.26. The van der Waals surface area contributed by atoms with Gasteiger partial charge in [0.1, 0.15) is 0 Å². The smallest absolute Gasteiger partial charge is 0.240 e. The molecule has 1 aromatic carbocycles. The first kappa shape index (κ1) is 18.1. The minimum absolute atomic E-state index is 0.304. The minimum atomic E-state index is -3.44. The van der Waals surface area contributed by atoms with Crippen LogP contribution < -0.4 is 10.0 Å². The van der Waals surface area contributed by atoms with Gasteiger partial charge >= 0.3 is 0 Å². The Bertz CT molecular complexity index is 515. The topological polar surface area (TPSA) is 67.4 Å². The second kappa shape index (κ2) is 9.15. The van der Waals surface area contributed by atoms with E-state index in [1.807, 2.05) is 13.1 Å². The van der Waals surface area contributed by atoms with E-state index in [0.717, 1.165) is 5.56 Å². The SMILES string of the molecule is CNCc1cccc(S(=O)(=O)NCCCOCC(C)C)c1. The zero-order chi connectivity index (χ0) is 15.7. The average molecular weight is 314 g/mol. The van der Waals surface area contributed by atoms with E-state index >= 15 is 0 Å². The van der Waals surface area contributed by atoms with Gasteiger partial charge in [0.2, 0.25) is 10.0 Å². The van der Waals surface area contributed by atoms with Gasteiger partial charge in [-0.1, -0.05) is 26.0 Å². The molecule has 6 heteroatoms. The van der Waals surface area contributed by atoms with Gasteiger partial charge in [-0.15, -0.1) is 0 Å². The Morgan fingerprint density at radius 2 is 2.05 bits per heavy atom. The summed E-state index contributed by atoms with van der Waals surface area (Å²) in [4.78, 5) is 0.304. The number of nitrogens with one attached hydrogen (secondary N) is 2. The number of ether oxygens (including phenoxy) is 1. The van der Waals surface area contributed by atoms with E-state index in [1.54, 1.807) is 18.2 Å². The van der Waals surface area contributed by atoms with Crippen LogP contribution in [0.2, 0.25) is 0 Å². The molecule has 0 saturated heterocycles. The van der Waals surface area contributed by atoms with E-state index in [0.29, 0.717) is 43.5 Å². The van der Waals surface area contributed by atoms with E-state index in [1.165, 1.54) is 0 Å². The van der Waals surface area contributed by atoms with E-state index in [-0.39, 0.29) is 0 Å². The highest BCUT2D eigenvalue weighted by molar-refractivity contribution is 7.89. The molecule has 0 fully saturated rings. The van der Waals surface area contributed by atoms with Crippen LogP contribution in [0.3, 0.4) is 0 Å². The third kappa shape index (κ3) is 7.04. The Balaban J connectivity index is 2.44. The fourth-order valence-corrected chi connectivity index (χ4v) is 2.95. The Hall–Kier alpha value is -0.950. The summed E-state index contributed by atoms with van der Waals surface area (Å²) in [5.74, 6) is 0.497. The maximum absolute atomic E-state index is 12.2. The molecule has 5 nitrogen and oxygen atoms in total. The van der Waals surface area contributed by atoms with Crippen molar-refractivity contribution in [1.82, 2.24) is 10.0 Å². The maximum Gasteiger partial charge on any atom is 0.240 e. The molecular weight excluding hydrogens is 288 g/mol. The quantitative estimate of drug-likeness (QED) is 0.646. The van der Waals surface area contributed by atoms with E-state index < -0.39 is 10.0 Å². The molecule has 1 rings (SSSR count). The van der Waals surface area contributed by atoms with E-state index in [2.05, 4.69) is 23.9 Å². The summed E-state index contributed by atoms with van der Waals surface area (Å²) in [7, 11) is -1.61. The fraction of sp³-hybridized carbons (Fsp3) is 0.600. The molecule has 0 radical (unpaired) electrons. The Labute approximate surface area is 128 Å². The summed E-state index contributed by atoms with van der Waals surface area (Å²) < 4.78 is 32.3. The molecule has 0 aliphatic rings. The molecule has 0 unspecified atom stereocenters. The van der Waals surface area contributed by atoms with Gasteiger partial charge in [-0.25, -0.2) is 13.1 Å². The molecular formula is C15H26N2O3S. The first-order chi connectivity index (χ1) is 9.95. The summed E-state index contributed by atoms with van der Waals surface area (Å²) in [6.07, 6.45) is 0.669. The molecule has 0 aromatic heterocycles. The highest BCUT2D eigenvalue weighted by atomic mass is 32.2. The van der Waals surface area contributed by atoms with Gasteiger partial charge in [0.05, 0.1) is 4.90 Å². The van der Waals surface area contributed by atoms with Crippen molar-refractivity contribution in [3.8, 4) is 0 Å². The Kier molecular flexibility index (Phi) is 7.88. The fourth-order valence-electron chi connectivity index (χ4n) is 1.81. The molecule has 0 bridgehead atoms. The predicted octanol–water partition coefficient (Wildman–Crippen LogP) is 1.75. The predicted molar refractivity (Wildman–Crippen MR) is 84.7 cm³/mol. The highest BCUT2D eigenvalue weighted by Gasteiger charge is 2.13. The van der Waals surface area contributed by atoms with Crippen LogP contribution in [-0.2, 0) is 21.3 Å². The second-order valence-corrected chi connectivity index (χ2v) is 7.16. The third-order valence-electron chi connectivity index (χ3n) is 2.80. The summed E-state index contributed by atoms with van der Waals surface area (Å²) >= 11 is 0. The van der Waals surface area contributed by atoms with Crippen molar-refractivity contribution in [2.24, 2.45) is 5.92 Å². The number of benzene rings is 1. The van der Waals surface area contributed by atoms with Crippen LogP contribution in [0.4, 0.5) is 0 Å². The van der Waals surface area contributed by atoms with Gasteiger partial charge in [0.15, 0.2) is 0 Å². The van der Waals surface area contributed by atoms with E-state index in [4.69, 9.17) is 4.74 Å². The number of rotatable bonds is 10. The summed E-state index contributed by atoms with van der Waals surface area (Å²) in [6.45, 7) is 6.48. The van der Waals surface area contributed by atoms with Gasteiger partial charge in [-0.2, -0.15) is 0 Å². The van der Waals surface area contributed by atoms with Crippen molar-refractivity contribution in [3.63, 3.8) is 0 Å². The lowest BCUT2D eigenvalue weighted by molar-refractivity contribution is 0.108. The number of sulfonamides is 1. The van der Waals surface area contributed by atoms with E-state index in [9.17, 15) is 8.42 Å². The zero-order valence-electron chi connectivity index (χ0n) is 13.1. The van der Waals surface area contributed by atoms with Crippen LogP contribution in [0.1, 0.15) is 25.8 Å². The molecule has 0 aliphatic heterocycles. The van der Waals surface area contributed by atoms with Gasteiger partial charge in [0, 0.05) is 26.3 Å². The summed E-state index contributed by atoms with van der Waals surface area (Å²) in [5.41, 5.74) is 0.945. The molecule has 0 aliphatic carbocycles. The van der Waals surface area contributed by atoms with Crippen LogP contribution in [0.5, 0.6) is 0 Å². The second-order valence-electron chi connectivity index (χ2n) is 5.40. The molecule has 2 N–H and O–H groups in total. The standard InChI is InChI=1S/C15H26N2O3S/c1-13(2)12-20-9-5-8-17-21(18,19)15-7-4-6-14(10-15)11-16-3/h4,6-7,10,13,16-17H,5,8-9,11-12H2,1-3H3. The van der Waals surface area contributed by atoms with Gasteiger partial charge in [0.25, 0.3) is 0 Å². The van der Waals surface area contributed by atoms with Crippen molar-refractivity contribution in [1.29, 1.82) is 0 Å². The van der Waals surface area contributed by atoms with Gasteiger partial charge in [-0.05, 0) is 37.1 Å². The van der Waals surface area contributed by atoms with Crippen LogP contribution >= 0.6 is 0 Å². The summed E-state index contributed by atoms with van der Waals surface area (Å²) in [6, 6.07) is 6.95. The minimum Gasteiger partial charge on any atom is -0.381 e. The normalized spacial score (nSPS) is 12.0. The molecule has 0 heterocycles. The van der Waals surface area contributed by atoms with Crippen LogP contribution in [0.25, 0.3) is 0 Å². The lowest BCUT2D eigenvalue weighted by atomic mass is 10.2. The summed E-state index contributed by atoms with van der Waals surface area (Å²) in [5, 5.41) is 3.01. The molecule has 0 amide bonds. The largest absolute Gasteiger partial charge is 0.381 e. The lowest BCUT2D eigenvalue weighted by Gasteiger charge is -2.09. The highest BCUT2D eigenvalue weighted by Crippen LogP contribution is 2.11. The van der Waals surface area contributed by atoms with Crippen LogP contribution in [0, 0.1) is 5.92 Å². The van der Waals surface area contributed by atoms with Crippen molar-refractivity contribution >= 4 is 10.0 Å². The van der Waals surface area contributed by atoms with Crippen molar-refractivity contribution < 1.29 is 13.2 Å². The molecule has 1 aromatic rings. The van der Waals surface area contributed by atoms with Gasteiger partial charge < -0.3 is 10.1 Å². The molecule has 0 saturated carbocycles. The maximum atomic E-state index is 12.2. The monoisotopic (exact) mass is 314 g/mol. The number of hydrogen-bond acceptors (Lipinski definition) is 4. The molecule has 0 atom stereocenters. The Morgan fingerprint density at radius 3 is 2.71 bits per heavy atom. The first-order valence-electron chi connectivity index (χ1n) is 7.26. The van der Waals surface area contributed by atoms with Crippen LogP contribution in [-0.4, -0.2) is 35.2 Å². The van der Waals surface area contributed by atoms with Crippen LogP contribution in [0.15, 0.2) is 29.2 Å².